The fourth-order valence-electron chi connectivity index (χ4n) is 3.18. The van der Waals surface area contributed by atoms with Gasteiger partial charge in [0.15, 0.2) is 5.96 Å². The number of hydrogen-bond acceptors (Lipinski definition) is 8. The van der Waals surface area contributed by atoms with Crippen LogP contribution in [-0.2, 0) is 25.6 Å². The highest BCUT2D eigenvalue weighted by Gasteiger charge is 2.28. The number of rotatable bonds is 16. The predicted octanol–water partition coefficient (Wildman–Crippen LogP) is -1.37. The highest BCUT2D eigenvalue weighted by Crippen LogP contribution is 2.11. The fraction of sp³-hybridized carbons (Fsp3) is 0.522. The molecule has 0 heterocycles. The molecule has 1 aromatic carbocycles. The molecule has 37 heavy (non-hydrogen) atoms. The van der Waals surface area contributed by atoms with Crippen LogP contribution in [0.4, 0.5) is 0 Å². The van der Waals surface area contributed by atoms with Gasteiger partial charge < -0.3 is 43.4 Å². The highest BCUT2D eigenvalue weighted by atomic mass is 32.2. The van der Waals surface area contributed by atoms with Gasteiger partial charge in [-0.15, -0.1) is 0 Å². The lowest BCUT2D eigenvalue weighted by atomic mass is 10.1. The highest BCUT2D eigenvalue weighted by molar-refractivity contribution is 7.98. The van der Waals surface area contributed by atoms with Gasteiger partial charge in [-0.1, -0.05) is 12.1 Å². The first-order valence-corrected chi connectivity index (χ1v) is 13.1. The van der Waals surface area contributed by atoms with Crippen LogP contribution >= 0.6 is 11.8 Å². The number of phenolic OH excluding ortho intramolecular Hbond substituents is 1. The zero-order valence-corrected chi connectivity index (χ0v) is 21.8. The van der Waals surface area contributed by atoms with Crippen molar-refractivity contribution in [1.29, 1.82) is 0 Å². The first kappa shape index (κ1) is 31.5. The van der Waals surface area contributed by atoms with Crippen molar-refractivity contribution in [3.05, 3.63) is 29.8 Å². The van der Waals surface area contributed by atoms with Crippen LogP contribution in [0.3, 0.4) is 0 Å². The van der Waals surface area contributed by atoms with Crippen LogP contribution in [-0.4, -0.2) is 82.6 Å². The Kier molecular flexibility index (Phi) is 13.9. The van der Waals surface area contributed by atoms with Crippen LogP contribution in [0.1, 0.15) is 31.7 Å². The molecule has 11 N–H and O–H groups in total. The molecule has 1 aromatic rings. The van der Waals surface area contributed by atoms with Crippen molar-refractivity contribution in [3.63, 3.8) is 0 Å². The molecule has 0 fully saturated rings. The molecule has 206 valence electrons. The SMILES string of the molecule is CSCCC(NC(=O)C(N)CCCN=C(N)N)C(=O)NC(C)C(=O)NC(Cc1ccc(O)cc1)C(=O)O. The van der Waals surface area contributed by atoms with Crippen molar-refractivity contribution in [1.82, 2.24) is 16.0 Å². The number of carbonyl (C=O) groups excluding carboxylic acids is 3. The molecule has 0 bridgehead atoms. The summed E-state index contributed by atoms with van der Waals surface area (Å²) in [6.45, 7) is 1.73. The van der Waals surface area contributed by atoms with E-state index in [1.54, 1.807) is 12.1 Å². The first-order valence-electron chi connectivity index (χ1n) is 11.7. The molecular weight excluding hydrogens is 502 g/mol. The molecule has 0 radical (unpaired) electrons. The number of carboxylic acids is 1. The monoisotopic (exact) mass is 539 g/mol. The van der Waals surface area contributed by atoms with E-state index in [9.17, 15) is 29.4 Å². The number of nitrogens with two attached hydrogens (primary N) is 3. The Labute approximate surface area is 220 Å². The molecule has 14 heteroatoms. The number of nitrogens with zero attached hydrogens (tertiary/aromatic N) is 1. The van der Waals surface area contributed by atoms with Crippen LogP contribution in [0.15, 0.2) is 29.3 Å². The third-order valence-corrected chi connectivity index (χ3v) is 5.93. The molecule has 0 aliphatic carbocycles. The number of carbonyl (C=O) groups is 4. The second-order valence-corrected chi connectivity index (χ2v) is 9.38. The van der Waals surface area contributed by atoms with Gasteiger partial charge in [-0.3, -0.25) is 19.4 Å². The molecule has 4 atom stereocenters. The minimum atomic E-state index is -1.25. The molecule has 0 aromatic heterocycles. The average Bonchev–Trinajstić information content (AvgIpc) is 2.84. The summed E-state index contributed by atoms with van der Waals surface area (Å²) in [5, 5.41) is 26.4. The van der Waals surface area contributed by atoms with Gasteiger partial charge in [-0.25, -0.2) is 4.79 Å². The molecule has 0 aliphatic heterocycles. The van der Waals surface area contributed by atoms with Crippen molar-refractivity contribution in [2.75, 3.05) is 18.6 Å². The maximum atomic E-state index is 12.9. The second-order valence-electron chi connectivity index (χ2n) is 8.40. The summed E-state index contributed by atoms with van der Waals surface area (Å²) >= 11 is 1.48. The Morgan fingerprint density at radius 3 is 2.16 bits per heavy atom. The Bertz CT molecular complexity index is 940. The third kappa shape index (κ3) is 12.3. The van der Waals surface area contributed by atoms with E-state index in [1.165, 1.54) is 30.8 Å². The molecule has 13 nitrogen and oxygen atoms in total. The number of guanidine groups is 1. The second kappa shape index (κ2) is 16.3. The Balaban J connectivity index is 2.72. The van der Waals surface area contributed by atoms with E-state index in [0.29, 0.717) is 37.1 Å². The van der Waals surface area contributed by atoms with Crippen LogP contribution in [0, 0.1) is 0 Å². The van der Waals surface area contributed by atoms with Crippen molar-refractivity contribution in [2.24, 2.45) is 22.2 Å². The van der Waals surface area contributed by atoms with E-state index in [-0.39, 0.29) is 18.1 Å². The smallest absolute Gasteiger partial charge is 0.326 e. The molecule has 0 spiro atoms. The van der Waals surface area contributed by atoms with Crippen molar-refractivity contribution in [2.45, 2.75) is 56.8 Å². The van der Waals surface area contributed by atoms with Crippen molar-refractivity contribution >= 4 is 41.4 Å². The van der Waals surface area contributed by atoms with Gasteiger partial charge in [0.2, 0.25) is 17.7 Å². The lowest BCUT2D eigenvalue weighted by Crippen LogP contribution is -2.56. The number of phenols is 1. The van der Waals surface area contributed by atoms with E-state index < -0.39 is 47.9 Å². The van der Waals surface area contributed by atoms with E-state index >= 15 is 0 Å². The van der Waals surface area contributed by atoms with E-state index in [2.05, 4.69) is 20.9 Å². The van der Waals surface area contributed by atoms with E-state index in [4.69, 9.17) is 17.2 Å². The Morgan fingerprint density at radius 1 is 0.973 bits per heavy atom. The topological polar surface area (TPSA) is 235 Å². The minimum Gasteiger partial charge on any atom is -0.508 e. The van der Waals surface area contributed by atoms with Crippen LogP contribution < -0.4 is 33.2 Å². The van der Waals surface area contributed by atoms with E-state index in [1.807, 2.05) is 6.26 Å². The number of benzene rings is 1. The lowest BCUT2D eigenvalue weighted by molar-refractivity contribution is -0.142. The standard InChI is InChI=1S/C23H37N7O6S/c1-13(19(32)30-18(22(35)36)12-14-5-7-15(31)8-6-14)28-21(34)17(9-11-37-2)29-20(33)16(24)4-3-10-27-23(25)26/h5-8,13,16-18,31H,3-4,9-12,24H2,1-2H3,(H,28,34)(H,29,33)(H,30,32)(H,35,36)(H4,25,26,27). The first-order chi connectivity index (χ1) is 17.4. The van der Waals surface area contributed by atoms with Gasteiger partial charge in [-0.2, -0.15) is 11.8 Å². The summed E-state index contributed by atoms with van der Waals surface area (Å²) in [6.07, 6.45) is 2.90. The third-order valence-electron chi connectivity index (χ3n) is 5.29. The summed E-state index contributed by atoms with van der Waals surface area (Å²) in [5.41, 5.74) is 17.0. The summed E-state index contributed by atoms with van der Waals surface area (Å²) in [7, 11) is 0. The van der Waals surface area contributed by atoms with Crippen molar-refractivity contribution in [3.8, 4) is 5.75 Å². The average molecular weight is 540 g/mol. The number of aliphatic imine (C=N–C) groups is 1. The summed E-state index contributed by atoms with van der Waals surface area (Å²) in [4.78, 5) is 53.5. The van der Waals surface area contributed by atoms with E-state index in [0.717, 1.165) is 0 Å². The van der Waals surface area contributed by atoms with Crippen LogP contribution in [0.2, 0.25) is 0 Å². The zero-order valence-electron chi connectivity index (χ0n) is 21.0. The maximum absolute atomic E-state index is 12.9. The van der Waals surface area contributed by atoms with Crippen molar-refractivity contribution < 1.29 is 29.4 Å². The molecule has 4 unspecified atom stereocenters. The number of amides is 3. The number of thioether (sulfide) groups is 1. The van der Waals surface area contributed by atoms with Gasteiger partial charge in [0.05, 0.1) is 6.04 Å². The van der Waals surface area contributed by atoms with Gasteiger partial charge >= 0.3 is 5.97 Å². The molecule has 0 saturated heterocycles. The summed E-state index contributed by atoms with van der Waals surface area (Å²) in [5.74, 6) is -2.53. The summed E-state index contributed by atoms with van der Waals surface area (Å²) in [6, 6.07) is 1.79. The number of hydrogen-bond donors (Lipinski definition) is 8. The molecule has 0 saturated carbocycles. The quantitative estimate of drug-likeness (QED) is 0.0696. The minimum absolute atomic E-state index is 0.0184. The number of carboxylic acid groups (broad SMARTS) is 1. The number of nitrogens with one attached hydrogen (secondary N) is 3. The lowest BCUT2D eigenvalue weighted by Gasteiger charge is -2.23. The largest absolute Gasteiger partial charge is 0.508 e. The molecule has 0 aliphatic rings. The van der Waals surface area contributed by atoms with Crippen LogP contribution in [0.25, 0.3) is 0 Å². The molecular formula is C23H37N7O6S. The maximum Gasteiger partial charge on any atom is 0.326 e. The predicted molar refractivity (Wildman–Crippen MR) is 142 cm³/mol. The van der Waals surface area contributed by atoms with Gasteiger partial charge in [0.1, 0.15) is 23.9 Å². The Morgan fingerprint density at radius 2 is 1.59 bits per heavy atom. The molecule has 3 amide bonds. The molecule has 1 rings (SSSR count). The van der Waals surface area contributed by atoms with Gasteiger partial charge in [-0.05, 0) is 55.9 Å². The van der Waals surface area contributed by atoms with Gasteiger partial charge in [0.25, 0.3) is 0 Å². The van der Waals surface area contributed by atoms with Crippen LogP contribution in [0.5, 0.6) is 5.75 Å². The number of aromatic hydroxyl groups is 1. The van der Waals surface area contributed by atoms with Gasteiger partial charge in [0, 0.05) is 13.0 Å². The zero-order chi connectivity index (χ0) is 28.0. The Hall–Kier alpha value is -3.52. The fourth-order valence-corrected chi connectivity index (χ4v) is 3.65. The normalized spacial score (nSPS) is 13.9. The number of aliphatic carboxylic acids is 1. The summed E-state index contributed by atoms with van der Waals surface area (Å²) < 4.78 is 0.